The van der Waals surface area contributed by atoms with E-state index in [0.29, 0.717) is 6.54 Å². The first-order chi connectivity index (χ1) is 9.46. The summed E-state index contributed by atoms with van der Waals surface area (Å²) in [5, 5.41) is 4.22. The number of ether oxygens (including phenoxy) is 2. The molecule has 0 aliphatic carbocycles. The van der Waals surface area contributed by atoms with Crippen molar-refractivity contribution in [1.29, 1.82) is 0 Å². The van der Waals surface area contributed by atoms with Gasteiger partial charge >= 0.3 is 0 Å². The quantitative estimate of drug-likeness (QED) is 0.917. The predicted octanol–water partition coefficient (Wildman–Crippen LogP) is 3.79. The van der Waals surface area contributed by atoms with Crippen LogP contribution in [0, 0.1) is 0 Å². The standard InChI is InChI=1S/C16H24ClNO2/c1-16(2,3)18-11-13-14(17)5-4-6-15(13)20-12-7-9-19-10-8-12/h4-6,12,18H,7-11H2,1-3H3. The lowest BCUT2D eigenvalue weighted by atomic mass is 10.1. The van der Waals surface area contributed by atoms with E-state index < -0.39 is 0 Å². The van der Waals surface area contributed by atoms with Crippen molar-refractivity contribution in [2.24, 2.45) is 0 Å². The number of hydrogen-bond donors (Lipinski definition) is 1. The Labute approximate surface area is 126 Å². The van der Waals surface area contributed by atoms with E-state index in [2.05, 4.69) is 26.1 Å². The lowest BCUT2D eigenvalue weighted by Gasteiger charge is -2.26. The maximum absolute atomic E-state index is 6.33. The molecule has 4 heteroatoms. The van der Waals surface area contributed by atoms with Crippen LogP contribution < -0.4 is 10.1 Å². The minimum atomic E-state index is 0.0507. The average Bonchev–Trinajstić information content (AvgIpc) is 2.38. The van der Waals surface area contributed by atoms with Gasteiger partial charge in [-0.3, -0.25) is 0 Å². The summed E-state index contributed by atoms with van der Waals surface area (Å²) in [5.74, 6) is 0.890. The van der Waals surface area contributed by atoms with Crippen LogP contribution in [0.3, 0.4) is 0 Å². The zero-order chi connectivity index (χ0) is 14.6. The molecule has 20 heavy (non-hydrogen) atoms. The van der Waals surface area contributed by atoms with Gasteiger partial charge in [0.25, 0.3) is 0 Å². The summed E-state index contributed by atoms with van der Waals surface area (Å²) in [4.78, 5) is 0. The lowest BCUT2D eigenvalue weighted by molar-refractivity contribution is 0.0251. The number of rotatable bonds is 4. The molecule has 1 aliphatic rings. The number of benzene rings is 1. The van der Waals surface area contributed by atoms with Crippen LogP contribution in [0.4, 0.5) is 0 Å². The van der Waals surface area contributed by atoms with Crippen LogP contribution >= 0.6 is 11.6 Å². The molecule has 0 aromatic heterocycles. The zero-order valence-corrected chi connectivity index (χ0v) is 13.3. The molecule has 0 amide bonds. The molecule has 0 atom stereocenters. The third-order valence-electron chi connectivity index (χ3n) is 3.33. The van der Waals surface area contributed by atoms with E-state index >= 15 is 0 Å². The maximum Gasteiger partial charge on any atom is 0.125 e. The number of hydrogen-bond acceptors (Lipinski definition) is 3. The molecule has 1 aliphatic heterocycles. The van der Waals surface area contributed by atoms with Gasteiger partial charge in [-0.25, -0.2) is 0 Å². The molecule has 3 nitrogen and oxygen atoms in total. The Morgan fingerprint density at radius 3 is 2.65 bits per heavy atom. The molecule has 0 bridgehead atoms. The van der Waals surface area contributed by atoms with E-state index in [1.807, 2.05) is 18.2 Å². The lowest BCUT2D eigenvalue weighted by Crippen LogP contribution is -2.35. The van der Waals surface area contributed by atoms with Crippen molar-refractivity contribution in [1.82, 2.24) is 5.32 Å². The first kappa shape index (κ1) is 15.6. The number of halogens is 1. The Bertz CT molecular complexity index is 437. The molecule has 0 unspecified atom stereocenters. The van der Waals surface area contributed by atoms with Gasteiger partial charge in [-0.1, -0.05) is 17.7 Å². The summed E-state index contributed by atoms with van der Waals surface area (Å²) in [6.07, 6.45) is 2.12. The third-order valence-corrected chi connectivity index (χ3v) is 3.69. The summed E-state index contributed by atoms with van der Waals surface area (Å²) in [5.41, 5.74) is 1.09. The predicted molar refractivity (Wildman–Crippen MR) is 82.5 cm³/mol. The van der Waals surface area contributed by atoms with Crippen molar-refractivity contribution in [2.75, 3.05) is 13.2 Å². The Hall–Kier alpha value is -0.770. The summed E-state index contributed by atoms with van der Waals surface area (Å²) in [6, 6.07) is 5.86. The third kappa shape index (κ3) is 4.65. The topological polar surface area (TPSA) is 30.5 Å². The highest BCUT2D eigenvalue weighted by Crippen LogP contribution is 2.29. The Morgan fingerprint density at radius 1 is 1.30 bits per heavy atom. The normalized spacial score (nSPS) is 17.2. The first-order valence-electron chi connectivity index (χ1n) is 7.22. The van der Waals surface area contributed by atoms with E-state index in [1.165, 1.54) is 0 Å². The Balaban J connectivity index is 2.08. The van der Waals surface area contributed by atoms with Gasteiger partial charge in [-0.15, -0.1) is 0 Å². The largest absolute Gasteiger partial charge is 0.490 e. The van der Waals surface area contributed by atoms with E-state index in [4.69, 9.17) is 21.1 Å². The molecule has 1 aromatic carbocycles. The molecular weight excluding hydrogens is 274 g/mol. The summed E-state index contributed by atoms with van der Waals surface area (Å²) < 4.78 is 11.5. The van der Waals surface area contributed by atoms with Crippen molar-refractivity contribution in [2.45, 2.75) is 51.8 Å². The summed E-state index contributed by atoms with van der Waals surface area (Å²) in [6.45, 7) is 8.69. The van der Waals surface area contributed by atoms with Crippen LogP contribution in [0.5, 0.6) is 5.75 Å². The van der Waals surface area contributed by atoms with E-state index in [9.17, 15) is 0 Å². The van der Waals surface area contributed by atoms with Gasteiger partial charge in [0.15, 0.2) is 0 Å². The van der Waals surface area contributed by atoms with Crippen LogP contribution in [-0.2, 0) is 11.3 Å². The van der Waals surface area contributed by atoms with Crippen LogP contribution in [0.25, 0.3) is 0 Å². The van der Waals surface area contributed by atoms with Crippen LogP contribution in [-0.4, -0.2) is 24.9 Å². The number of nitrogens with one attached hydrogen (secondary N) is 1. The molecule has 2 rings (SSSR count). The molecule has 1 heterocycles. The second-order valence-electron chi connectivity index (χ2n) is 6.25. The van der Waals surface area contributed by atoms with Gasteiger partial charge in [0, 0.05) is 35.5 Å². The fourth-order valence-electron chi connectivity index (χ4n) is 2.15. The van der Waals surface area contributed by atoms with Crippen molar-refractivity contribution in [3.8, 4) is 5.75 Å². The monoisotopic (exact) mass is 297 g/mol. The molecular formula is C16H24ClNO2. The molecule has 0 saturated carbocycles. The Kier molecular flexibility index (Phi) is 5.30. The molecule has 0 radical (unpaired) electrons. The van der Waals surface area contributed by atoms with Crippen LogP contribution in [0.2, 0.25) is 5.02 Å². The highest BCUT2D eigenvalue weighted by Gasteiger charge is 2.19. The second-order valence-corrected chi connectivity index (χ2v) is 6.66. The molecule has 112 valence electrons. The van der Waals surface area contributed by atoms with Gasteiger partial charge in [0.05, 0.1) is 13.2 Å². The molecule has 1 fully saturated rings. The van der Waals surface area contributed by atoms with E-state index in [0.717, 1.165) is 42.4 Å². The van der Waals surface area contributed by atoms with Gasteiger partial charge in [-0.05, 0) is 32.9 Å². The van der Waals surface area contributed by atoms with E-state index in [1.54, 1.807) is 0 Å². The molecule has 1 N–H and O–H groups in total. The van der Waals surface area contributed by atoms with Crippen molar-refractivity contribution < 1.29 is 9.47 Å². The van der Waals surface area contributed by atoms with Crippen molar-refractivity contribution >= 4 is 11.6 Å². The van der Waals surface area contributed by atoms with Crippen molar-refractivity contribution in [3.05, 3.63) is 28.8 Å². The highest BCUT2D eigenvalue weighted by atomic mass is 35.5. The van der Waals surface area contributed by atoms with Gasteiger partial charge in [0.1, 0.15) is 11.9 Å². The van der Waals surface area contributed by atoms with Crippen molar-refractivity contribution in [3.63, 3.8) is 0 Å². The van der Waals surface area contributed by atoms with Crippen LogP contribution in [0.15, 0.2) is 18.2 Å². The summed E-state index contributed by atoms with van der Waals surface area (Å²) >= 11 is 6.33. The van der Waals surface area contributed by atoms with Gasteiger partial charge in [-0.2, -0.15) is 0 Å². The minimum Gasteiger partial charge on any atom is -0.490 e. The molecule has 0 spiro atoms. The molecule has 1 saturated heterocycles. The van der Waals surface area contributed by atoms with Gasteiger partial charge in [0.2, 0.25) is 0 Å². The molecule has 1 aromatic rings. The fraction of sp³-hybridized carbons (Fsp3) is 0.625. The summed E-state index contributed by atoms with van der Waals surface area (Å²) in [7, 11) is 0. The van der Waals surface area contributed by atoms with Crippen LogP contribution in [0.1, 0.15) is 39.2 Å². The highest BCUT2D eigenvalue weighted by molar-refractivity contribution is 6.31. The first-order valence-corrected chi connectivity index (χ1v) is 7.60. The second kappa shape index (κ2) is 6.79. The van der Waals surface area contributed by atoms with Gasteiger partial charge < -0.3 is 14.8 Å². The fourth-order valence-corrected chi connectivity index (χ4v) is 2.38. The minimum absolute atomic E-state index is 0.0507. The zero-order valence-electron chi connectivity index (χ0n) is 12.5. The average molecular weight is 298 g/mol. The smallest absolute Gasteiger partial charge is 0.125 e. The van der Waals surface area contributed by atoms with E-state index in [-0.39, 0.29) is 11.6 Å². The Morgan fingerprint density at radius 2 is 2.00 bits per heavy atom. The SMILES string of the molecule is CC(C)(C)NCc1c(Cl)cccc1OC1CCOCC1. The maximum atomic E-state index is 6.33.